The van der Waals surface area contributed by atoms with Crippen LogP contribution in [0.3, 0.4) is 0 Å². The maximum Gasteiger partial charge on any atom is 0.203 e. The summed E-state index contributed by atoms with van der Waals surface area (Å²) >= 11 is 0. The zero-order chi connectivity index (χ0) is 13.6. The van der Waals surface area contributed by atoms with Crippen LogP contribution >= 0.6 is 0 Å². The van der Waals surface area contributed by atoms with Gasteiger partial charge in [0, 0.05) is 29.9 Å². The third-order valence-corrected chi connectivity index (χ3v) is 4.37. The van der Waals surface area contributed by atoms with Crippen molar-refractivity contribution >= 4 is 11.5 Å². The maximum absolute atomic E-state index is 4.39. The smallest absolute Gasteiger partial charge is 0.203 e. The predicted molar refractivity (Wildman–Crippen MR) is 74.1 cm³/mol. The number of fused-ring (bicyclic) bond motifs is 1. The fraction of sp³-hybridized carbons (Fsp3) is 0.615. The van der Waals surface area contributed by atoms with E-state index in [1.54, 1.807) is 12.5 Å². The van der Waals surface area contributed by atoms with Gasteiger partial charge in [0.05, 0.1) is 0 Å². The highest BCUT2D eigenvalue weighted by atomic mass is 15.3. The topological polar surface area (TPSA) is 58.4 Å². The summed E-state index contributed by atoms with van der Waals surface area (Å²) in [6.45, 7) is 4.59. The van der Waals surface area contributed by atoms with Gasteiger partial charge in [0.2, 0.25) is 5.65 Å². The SMILES string of the molecule is CN(C)C1CC(Nc2nccn3cnnc23)C1(C)C. The Morgan fingerprint density at radius 1 is 1.42 bits per heavy atom. The van der Waals surface area contributed by atoms with Crippen molar-refractivity contribution in [3.63, 3.8) is 0 Å². The van der Waals surface area contributed by atoms with Gasteiger partial charge in [-0.15, -0.1) is 10.2 Å². The Hall–Kier alpha value is -1.69. The number of anilines is 1. The van der Waals surface area contributed by atoms with Gasteiger partial charge in [0.15, 0.2) is 5.82 Å². The molecule has 0 aliphatic heterocycles. The minimum atomic E-state index is 0.220. The molecule has 2 aromatic heterocycles. The number of hydrogen-bond acceptors (Lipinski definition) is 5. The molecule has 2 atom stereocenters. The lowest BCUT2D eigenvalue weighted by Crippen LogP contribution is -2.62. The fourth-order valence-electron chi connectivity index (χ4n) is 3.05. The zero-order valence-corrected chi connectivity index (χ0v) is 11.8. The normalized spacial score (nSPS) is 25.5. The first kappa shape index (κ1) is 12.3. The highest BCUT2D eigenvalue weighted by Gasteiger charge is 2.49. The molecular formula is C13H20N6. The van der Waals surface area contributed by atoms with E-state index in [1.807, 2.05) is 10.6 Å². The average Bonchev–Trinajstić information content (AvgIpc) is 2.82. The number of nitrogens with one attached hydrogen (secondary N) is 1. The van der Waals surface area contributed by atoms with Crippen molar-refractivity contribution in [2.75, 3.05) is 19.4 Å². The molecule has 6 nitrogen and oxygen atoms in total. The first-order valence-electron chi connectivity index (χ1n) is 6.57. The molecule has 0 amide bonds. The van der Waals surface area contributed by atoms with Crippen LogP contribution in [0.4, 0.5) is 5.82 Å². The third kappa shape index (κ3) is 1.87. The summed E-state index contributed by atoms with van der Waals surface area (Å²) in [6.07, 6.45) is 6.44. The molecular weight excluding hydrogens is 240 g/mol. The summed E-state index contributed by atoms with van der Waals surface area (Å²) in [5.41, 5.74) is 1.00. The lowest BCUT2D eigenvalue weighted by Gasteiger charge is -2.55. The van der Waals surface area contributed by atoms with Gasteiger partial charge in [-0.1, -0.05) is 13.8 Å². The summed E-state index contributed by atoms with van der Waals surface area (Å²) in [5, 5.41) is 11.5. The average molecular weight is 260 g/mol. The monoisotopic (exact) mass is 260 g/mol. The Morgan fingerprint density at radius 2 is 2.21 bits per heavy atom. The van der Waals surface area contributed by atoms with Crippen LogP contribution in [-0.2, 0) is 0 Å². The van der Waals surface area contributed by atoms with E-state index in [0.717, 1.165) is 17.9 Å². The van der Waals surface area contributed by atoms with Gasteiger partial charge >= 0.3 is 0 Å². The highest BCUT2D eigenvalue weighted by molar-refractivity contribution is 5.62. The van der Waals surface area contributed by atoms with Crippen molar-refractivity contribution in [3.05, 3.63) is 18.7 Å². The molecule has 2 aromatic rings. The molecule has 1 saturated carbocycles. The van der Waals surface area contributed by atoms with Gasteiger partial charge in [-0.05, 0) is 20.5 Å². The Kier molecular flexibility index (Phi) is 2.70. The van der Waals surface area contributed by atoms with E-state index in [2.05, 4.69) is 53.3 Å². The van der Waals surface area contributed by atoms with Gasteiger partial charge < -0.3 is 10.2 Å². The summed E-state index contributed by atoms with van der Waals surface area (Å²) in [4.78, 5) is 6.68. The number of hydrogen-bond donors (Lipinski definition) is 1. The Bertz CT molecular complexity index is 588. The summed E-state index contributed by atoms with van der Waals surface area (Å²) < 4.78 is 1.88. The summed E-state index contributed by atoms with van der Waals surface area (Å²) in [5.74, 6) is 0.815. The quantitative estimate of drug-likeness (QED) is 0.900. The van der Waals surface area contributed by atoms with Gasteiger partial charge in [-0.25, -0.2) is 4.98 Å². The molecule has 1 N–H and O–H groups in total. The molecule has 1 aliphatic rings. The number of nitrogens with zero attached hydrogens (tertiary/aromatic N) is 5. The van der Waals surface area contributed by atoms with E-state index in [1.165, 1.54) is 0 Å². The third-order valence-electron chi connectivity index (χ3n) is 4.37. The Morgan fingerprint density at radius 3 is 2.89 bits per heavy atom. The van der Waals surface area contributed by atoms with Crippen LogP contribution < -0.4 is 5.32 Å². The molecule has 3 rings (SSSR count). The van der Waals surface area contributed by atoms with Crippen molar-refractivity contribution in [2.24, 2.45) is 5.41 Å². The molecule has 19 heavy (non-hydrogen) atoms. The van der Waals surface area contributed by atoms with Crippen molar-refractivity contribution in [2.45, 2.75) is 32.4 Å². The zero-order valence-electron chi connectivity index (χ0n) is 11.8. The van der Waals surface area contributed by atoms with Crippen LogP contribution in [0.15, 0.2) is 18.7 Å². The second kappa shape index (κ2) is 4.16. The largest absolute Gasteiger partial charge is 0.364 e. The van der Waals surface area contributed by atoms with Gasteiger partial charge in [-0.3, -0.25) is 4.40 Å². The van der Waals surface area contributed by atoms with Crippen LogP contribution in [0.1, 0.15) is 20.3 Å². The Balaban J connectivity index is 1.82. The maximum atomic E-state index is 4.39. The van der Waals surface area contributed by atoms with Crippen molar-refractivity contribution < 1.29 is 0 Å². The molecule has 0 radical (unpaired) electrons. The van der Waals surface area contributed by atoms with E-state index in [0.29, 0.717) is 12.1 Å². The minimum Gasteiger partial charge on any atom is -0.364 e. The lowest BCUT2D eigenvalue weighted by molar-refractivity contribution is 0.0149. The predicted octanol–water partition coefficient (Wildman–Crippen LogP) is 1.26. The molecule has 1 aliphatic carbocycles. The molecule has 0 spiro atoms. The highest BCUT2D eigenvalue weighted by Crippen LogP contribution is 2.44. The fourth-order valence-corrected chi connectivity index (χ4v) is 3.05. The minimum absolute atomic E-state index is 0.220. The first-order chi connectivity index (χ1) is 9.00. The van der Waals surface area contributed by atoms with Crippen LogP contribution in [0.5, 0.6) is 0 Å². The first-order valence-corrected chi connectivity index (χ1v) is 6.57. The molecule has 0 aromatic carbocycles. The second-order valence-electron chi connectivity index (χ2n) is 6.07. The molecule has 6 heteroatoms. The van der Waals surface area contributed by atoms with Crippen molar-refractivity contribution in [3.8, 4) is 0 Å². The van der Waals surface area contributed by atoms with Gasteiger partial charge in [0.1, 0.15) is 6.33 Å². The number of aromatic nitrogens is 4. The molecule has 0 saturated heterocycles. The van der Waals surface area contributed by atoms with Crippen LogP contribution in [0.2, 0.25) is 0 Å². The molecule has 102 valence electrons. The van der Waals surface area contributed by atoms with Crippen molar-refractivity contribution in [1.29, 1.82) is 0 Å². The van der Waals surface area contributed by atoms with E-state index in [9.17, 15) is 0 Å². The van der Waals surface area contributed by atoms with Crippen LogP contribution in [-0.4, -0.2) is 50.7 Å². The molecule has 2 unspecified atom stereocenters. The lowest BCUT2D eigenvalue weighted by atomic mass is 9.62. The Labute approximate surface area is 112 Å². The van der Waals surface area contributed by atoms with E-state index < -0.39 is 0 Å². The molecule has 2 heterocycles. The van der Waals surface area contributed by atoms with Gasteiger partial charge in [0.25, 0.3) is 0 Å². The number of rotatable bonds is 3. The summed E-state index contributed by atoms with van der Waals surface area (Å²) in [7, 11) is 4.28. The van der Waals surface area contributed by atoms with Crippen molar-refractivity contribution in [1.82, 2.24) is 24.5 Å². The van der Waals surface area contributed by atoms with Gasteiger partial charge in [-0.2, -0.15) is 0 Å². The standard InChI is InChI=1S/C13H20N6/c1-13(2)9(7-10(13)18(3)4)16-11-12-17-15-8-19(12)6-5-14-11/h5-6,8-10H,7H2,1-4H3,(H,14,16). The molecule has 0 bridgehead atoms. The van der Waals surface area contributed by atoms with E-state index >= 15 is 0 Å². The van der Waals surface area contributed by atoms with E-state index in [-0.39, 0.29) is 5.41 Å². The second-order valence-corrected chi connectivity index (χ2v) is 6.07. The van der Waals surface area contributed by atoms with Crippen LogP contribution in [0, 0.1) is 5.41 Å². The summed E-state index contributed by atoms with van der Waals surface area (Å²) in [6, 6.07) is 1.01. The molecule has 1 fully saturated rings. The van der Waals surface area contributed by atoms with Crippen LogP contribution in [0.25, 0.3) is 5.65 Å². The van der Waals surface area contributed by atoms with E-state index in [4.69, 9.17) is 0 Å².